The maximum atomic E-state index is 7.07. The summed E-state index contributed by atoms with van der Waals surface area (Å²) in [6.07, 6.45) is 5.21. The first-order valence-electron chi connectivity index (χ1n) is 11.1. The molecule has 0 aliphatic rings. The summed E-state index contributed by atoms with van der Waals surface area (Å²) in [5.74, 6) is 1.35. The smallest absolute Gasteiger partial charge is 0.261 e. The molecule has 1 nitrogen and oxygen atoms in total. The number of benzene rings is 2. The molecule has 0 spiro atoms. The summed E-state index contributed by atoms with van der Waals surface area (Å²) in [6, 6.07) is 22.0. The fraction of sp³-hybridized carbons (Fsp3) is 0.538. The van der Waals surface area contributed by atoms with Crippen molar-refractivity contribution in [3.63, 3.8) is 0 Å². The Kier molecular flexibility index (Phi) is 8.51. The quantitative estimate of drug-likeness (QED) is 0.421. The lowest BCUT2D eigenvalue weighted by atomic mass is 9.94. The van der Waals surface area contributed by atoms with Gasteiger partial charge in [-0.1, -0.05) is 121 Å². The van der Waals surface area contributed by atoms with Crippen molar-refractivity contribution in [2.75, 3.05) is 6.61 Å². The normalized spacial score (nSPS) is 14.6. The molecule has 0 heterocycles. The van der Waals surface area contributed by atoms with Crippen LogP contribution < -0.4 is 10.4 Å². The van der Waals surface area contributed by atoms with Crippen LogP contribution in [-0.2, 0) is 4.43 Å². The molecule has 2 aromatic rings. The van der Waals surface area contributed by atoms with Gasteiger partial charge in [0.1, 0.15) is 0 Å². The van der Waals surface area contributed by atoms with Crippen molar-refractivity contribution in [1.29, 1.82) is 0 Å². The zero-order valence-electron chi connectivity index (χ0n) is 18.9. The molecule has 28 heavy (non-hydrogen) atoms. The molecule has 0 aliphatic heterocycles. The number of unbranched alkanes of at least 4 members (excludes halogenated alkanes) is 1. The van der Waals surface area contributed by atoms with E-state index in [1.54, 1.807) is 0 Å². The van der Waals surface area contributed by atoms with Crippen LogP contribution in [0.1, 0.15) is 67.2 Å². The third-order valence-electron chi connectivity index (χ3n) is 5.86. The van der Waals surface area contributed by atoms with Gasteiger partial charge in [0.15, 0.2) is 0 Å². The van der Waals surface area contributed by atoms with Crippen LogP contribution >= 0.6 is 0 Å². The van der Waals surface area contributed by atoms with Crippen molar-refractivity contribution < 1.29 is 4.43 Å². The van der Waals surface area contributed by atoms with E-state index in [1.807, 2.05) is 0 Å². The summed E-state index contributed by atoms with van der Waals surface area (Å²) in [7, 11) is -2.39. The summed E-state index contributed by atoms with van der Waals surface area (Å²) in [4.78, 5) is 0. The van der Waals surface area contributed by atoms with Gasteiger partial charge in [-0.2, -0.15) is 0 Å². The molecule has 0 bridgehead atoms. The van der Waals surface area contributed by atoms with Crippen LogP contribution in [0.25, 0.3) is 0 Å². The first-order chi connectivity index (χ1) is 13.3. The molecule has 154 valence electrons. The molecule has 0 unspecified atom stereocenters. The van der Waals surface area contributed by atoms with Crippen LogP contribution in [0.4, 0.5) is 0 Å². The van der Waals surface area contributed by atoms with Crippen molar-refractivity contribution in [2.24, 2.45) is 11.8 Å². The van der Waals surface area contributed by atoms with Crippen molar-refractivity contribution in [3.8, 4) is 0 Å². The third kappa shape index (κ3) is 5.58. The summed E-state index contributed by atoms with van der Waals surface area (Å²) in [5.41, 5.74) is 0. The van der Waals surface area contributed by atoms with Crippen LogP contribution in [0.2, 0.25) is 5.04 Å². The topological polar surface area (TPSA) is 9.23 Å². The van der Waals surface area contributed by atoms with Gasteiger partial charge in [-0.25, -0.2) is 0 Å². The van der Waals surface area contributed by atoms with Crippen molar-refractivity contribution in [1.82, 2.24) is 0 Å². The minimum absolute atomic E-state index is 0.0588. The largest absolute Gasteiger partial charge is 0.407 e. The molecule has 0 aliphatic carbocycles. The first-order valence-corrected chi connectivity index (χ1v) is 13.0. The third-order valence-corrected chi connectivity index (χ3v) is 10.9. The first kappa shape index (κ1) is 22.9. The number of hydrogen-bond acceptors (Lipinski definition) is 1. The van der Waals surface area contributed by atoms with Crippen LogP contribution in [0, 0.1) is 11.8 Å². The molecule has 0 radical (unpaired) electrons. The molecular formula is C26H40OSi. The fourth-order valence-electron chi connectivity index (χ4n) is 4.45. The predicted molar refractivity (Wildman–Crippen MR) is 126 cm³/mol. The summed E-state index contributed by atoms with van der Waals surface area (Å²) in [5, 5.41) is 2.81. The monoisotopic (exact) mass is 396 g/mol. The van der Waals surface area contributed by atoms with Gasteiger partial charge < -0.3 is 4.43 Å². The number of rotatable bonds is 10. The van der Waals surface area contributed by atoms with E-state index in [4.69, 9.17) is 4.43 Å². The zero-order chi connectivity index (χ0) is 20.6. The molecule has 0 saturated carbocycles. The summed E-state index contributed by atoms with van der Waals surface area (Å²) < 4.78 is 7.07. The minimum Gasteiger partial charge on any atom is -0.407 e. The van der Waals surface area contributed by atoms with E-state index in [0.717, 1.165) is 12.5 Å². The highest BCUT2D eigenvalue weighted by Crippen LogP contribution is 2.37. The van der Waals surface area contributed by atoms with Crippen LogP contribution in [0.5, 0.6) is 0 Å². The van der Waals surface area contributed by atoms with Gasteiger partial charge in [-0.15, -0.1) is 0 Å². The van der Waals surface area contributed by atoms with E-state index < -0.39 is 8.32 Å². The summed E-state index contributed by atoms with van der Waals surface area (Å²) >= 11 is 0. The lowest BCUT2D eigenvalue weighted by molar-refractivity contribution is 0.220. The van der Waals surface area contributed by atoms with Gasteiger partial charge in [0.25, 0.3) is 8.32 Å². The van der Waals surface area contributed by atoms with Crippen LogP contribution in [0.15, 0.2) is 60.7 Å². The van der Waals surface area contributed by atoms with Gasteiger partial charge in [0, 0.05) is 6.61 Å². The molecule has 0 saturated heterocycles. The summed E-state index contributed by atoms with van der Waals surface area (Å²) in [6.45, 7) is 14.9. The standard InChI is InChI=1S/C26H40OSi/c1-7-8-15-22(2)20-23(3)21-27-28(26(4,5)6,24-16-11-9-12-17-24)25-18-13-10-14-19-25/h9-14,16-19,22-23H,7-8,15,20-21H2,1-6H3/t22-,23-/m0/s1. The average Bonchev–Trinajstić information content (AvgIpc) is 2.67. The van der Waals surface area contributed by atoms with E-state index in [1.165, 1.54) is 36.1 Å². The van der Waals surface area contributed by atoms with Gasteiger partial charge in [-0.3, -0.25) is 0 Å². The molecule has 0 aromatic heterocycles. The van der Waals surface area contributed by atoms with Gasteiger partial charge >= 0.3 is 0 Å². The Hall–Kier alpha value is -1.38. The van der Waals surface area contributed by atoms with Gasteiger partial charge in [0.2, 0.25) is 0 Å². The van der Waals surface area contributed by atoms with E-state index in [2.05, 4.69) is 102 Å². The Bertz CT molecular complexity index is 635. The lowest BCUT2D eigenvalue weighted by Crippen LogP contribution is -2.66. The Labute approximate surface area is 174 Å². The SMILES string of the molecule is CCCC[C@H](C)C[C@H](C)CO[Si](c1ccccc1)(c1ccccc1)C(C)(C)C. The van der Waals surface area contributed by atoms with Crippen LogP contribution in [0.3, 0.4) is 0 Å². The maximum absolute atomic E-state index is 7.07. The molecule has 2 atom stereocenters. The maximum Gasteiger partial charge on any atom is 0.261 e. The van der Waals surface area contributed by atoms with Crippen LogP contribution in [-0.4, -0.2) is 14.9 Å². The molecule has 2 aromatic carbocycles. The Morgan fingerprint density at radius 1 is 0.821 bits per heavy atom. The van der Waals surface area contributed by atoms with Gasteiger partial charge in [0.05, 0.1) is 0 Å². The fourth-order valence-corrected chi connectivity index (χ4v) is 9.14. The highest BCUT2D eigenvalue weighted by molar-refractivity contribution is 6.99. The average molecular weight is 397 g/mol. The van der Waals surface area contributed by atoms with E-state index >= 15 is 0 Å². The second-order valence-electron chi connectivity index (χ2n) is 9.56. The van der Waals surface area contributed by atoms with E-state index in [0.29, 0.717) is 5.92 Å². The van der Waals surface area contributed by atoms with E-state index in [9.17, 15) is 0 Å². The molecule has 2 heteroatoms. The number of hydrogen-bond donors (Lipinski definition) is 0. The second-order valence-corrected chi connectivity index (χ2v) is 13.9. The zero-order valence-corrected chi connectivity index (χ0v) is 19.9. The van der Waals surface area contributed by atoms with Crippen molar-refractivity contribution in [3.05, 3.63) is 60.7 Å². The van der Waals surface area contributed by atoms with Crippen molar-refractivity contribution >= 4 is 18.7 Å². The van der Waals surface area contributed by atoms with Crippen molar-refractivity contribution in [2.45, 2.75) is 72.3 Å². The molecule has 0 N–H and O–H groups in total. The highest BCUT2D eigenvalue weighted by atomic mass is 28.4. The molecule has 0 amide bonds. The Morgan fingerprint density at radius 2 is 1.32 bits per heavy atom. The van der Waals surface area contributed by atoms with E-state index in [-0.39, 0.29) is 5.04 Å². The minimum atomic E-state index is -2.39. The Morgan fingerprint density at radius 3 is 1.75 bits per heavy atom. The lowest BCUT2D eigenvalue weighted by Gasteiger charge is -2.43. The molecule has 2 rings (SSSR count). The Balaban J connectivity index is 2.31. The highest BCUT2D eigenvalue weighted by Gasteiger charge is 2.50. The molecular weight excluding hydrogens is 356 g/mol. The predicted octanol–water partition coefficient (Wildman–Crippen LogP) is 6.42. The van der Waals surface area contributed by atoms with Gasteiger partial charge in [-0.05, 0) is 33.7 Å². The molecule has 0 fully saturated rings. The second kappa shape index (κ2) is 10.4.